The van der Waals surface area contributed by atoms with Gasteiger partial charge in [0.1, 0.15) is 5.76 Å². The Bertz CT molecular complexity index is 1020. The van der Waals surface area contributed by atoms with Crippen LogP contribution in [0.1, 0.15) is 59.5 Å². The number of carbonyl (C=O) groups is 2. The Kier molecular flexibility index (Phi) is 4.85. The molecule has 0 radical (unpaired) electrons. The van der Waals surface area contributed by atoms with Crippen molar-refractivity contribution in [1.29, 1.82) is 0 Å². The molecular formula is C20H23N5O3. The number of nitrogens with zero attached hydrogens (tertiary/aromatic N) is 4. The first-order valence-electron chi connectivity index (χ1n) is 9.61. The Balaban J connectivity index is 1.70. The van der Waals surface area contributed by atoms with Crippen LogP contribution < -0.4 is 5.32 Å². The average Bonchev–Trinajstić information content (AvgIpc) is 3.31. The van der Waals surface area contributed by atoms with Crippen LogP contribution in [0.2, 0.25) is 0 Å². The van der Waals surface area contributed by atoms with Gasteiger partial charge >= 0.3 is 0 Å². The molecule has 1 saturated heterocycles. The van der Waals surface area contributed by atoms with Crippen molar-refractivity contribution < 1.29 is 14.1 Å². The third kappa shape index (κ3) is 3.26. The Morgan fingerprint density at radius 2 is 2.18 bits per heavy atom. The molecule has 0 saturated carbocycles. The molecule has 1 aliphatic rings. The van der Waals surface area contributed by atoms with Crippen molar-refractivity contribution in [2.24, 2.45) is 0 Å². The van der Waals surface area contributed by atoms with Crippen LogP contribution in [-0.2, 0) is 0 Å². The number of nitrogens with one attached hydrogen (secondary N) is 1. The van der Waals surface area contributed by atoms with Gasteiger partial charge in [-0.2, -0.15) is 0 Å². The number of likely N-dealkylation sites (tertiary alicyclic amines) is 1. The fraction of sp³-hybridized carbons (Fsp3) is 0.400. The summed E-state index contributed by atoms with van der Waals surface area (Å²) in [6.07, 6.45) is 5.80. The van der Waals surface area contributed by atoms with Crippen molar-refractivity contribution in [1.82, 2.24) is 19.4 Å². The van der Waals surface area contributed by atoms with Crippen molar-refractivity contribution in [3.05, 3.63) is 47.7 Å². The predicted octanol–water partition coefficient (Wildman–Crippen LogP) is 3.29. The molecule has 4 heterocycles. The Morgan fingerprint density at radius 1 is 1.32 bits per heavy atom. The molecule has 8 nitrogen and oxygen atoms in total. The van der Waals surface area contributed by atoms with E-state index < -0.39 is 5.91 Å². The first-order valence-corrected chi connectivity index (χ1v) is 9.61. The number of aryl methyl sites for hydroxylation is 1. The van der Waals surface area contributed by atoms with Crippen LogP contribution in [0, 0.1) is 6.92 Å². The highest BCUT2D eigenvalue weighted by molar-refractivity contribution is 6.08. The third-order valence-corrected chi connectivity index (χ3v) is 5.18. The normalized spacial score (nSPS) is 17.1. The zero-order valence-electron chi connectivity index (χ0n) is 16.0. The molecule has 146 valence electrons. The van der Waals surface area contributed by atoms with E-state index >= 15 is 0 Å². The third-order valence-electron chi connectivity index (χ3n) is 5.18. The van der Waals surface area contributed by atoms with Crippen LogP contribution in [0.25, 0.3) is 5.52 Å². The lowest BCUT2D eigenvalue weighted by Crippen LogP contribution is -2.44. The second-order valence-corrected chi connectivity index (χ2v) is 7.07. The van der Waals surface area contributed by atoms with E-state index in [2.05, 4.69) is 22.4 Å². The van der Waals surface area contributed by atoms with Gasteiger partial charge in [-0.3, -0.25) is 14.0 Å². The smallest absolute Gasteiger partial charge is 0.290 e. The molecule has 28 heavy (non-hydrogen) atoms. The predicted molar refractivity (Wildman–Crippen MR) is 103 cm³/mol. The number of aromatic nitrogens is 3. The summed E-state index contributed by atoms with van der Waals surface area (Å²) in [6, 6.07) is 7.26. The maximum Gasteiger partial charge on any atom is 0.290 e. The van der Waals surface area contributed by atoms with Crippen LogP contribution >= 0.6 is 0 Å². The standard InChI is InChI=1S/C20H23N5O3/c1-3-14-8-4-6-10-24(14)20(27)18-22-17(15-9-5-7-11-25(15)18)19(26)21-16-12-13(2)28-23-16/h5,7,9,11-12,14H,3-4,6,8,10H2,1-2H3,(H,21,23,26). The highest BCUT2D eigenvalue weighted by Gasteiger charge is 2.30. The summed E-state index contributed by atoms with van der Waals surface area (Å²) in [5, 5.41) is 6.46. The minimum Gasteiger partial charge on any atom is -0.360 e. The van der Waals surface area contributed by atoms with E-state index in [0.717, 1.165) is 32.2 Å². The molecule has 1 unspecified atom stereocenters. The van der Waals surface area contributed by atoms with E-state index in [4.69, 9.17) is 4.52 Å². The van der Waals surface area contributed by atoms with Crippen LogP contribution in [0.15, 0.2) is 35.0 Å². The number of fused-ring (bicyclic) bond motifs is 1. The monoisotopic (exact) mass is 381 g/mol. The average molecular weight is 381 g/mol. The molecule has 3 aromatic rings. The summed E-state index contributed by atoms with van der Waals surface area (Å²) in [6.45, 7) is 4.56. The van der Waals surface area contributed by atoms with Gasteiger partial charge in [-0.05, 0) is 44.7 Å². The highest BCUT2D eigenvalue weighted by Crippen LogP contribution is 2.23. The number of rotatable bonds is 4. The number of pyridine rings is 1. The van der Waals surface area contributed by atoms with Gasteiger partial charge in [0, 0.05) is 24.8 Å². The molecule has 1 aliphatic heterocycles. The molecule has 0 spiro atoms. The van der Waals surface area contributed by atoms with E-state index in [1.54, 1.807) is 29.7 Å². The van der Waals surface area contributed by atoms with E-state index in [0.29, 0.717) is 17.1 Å². The van der Waals surface area contributed by atoms with Crippen LogP contribution in [-0.4, -0.2) is 43.8 Å². The number of hydrogen-bond acceptors (Lipinski definition) is 5. The highest BCUT2D eigenvalue weighted by atomic mass is 16.5. The fourth-order valence-corrected chi connectivity index (χ4v) is 3.78. The fourth-order valence-electron chi connectivity index (χ4n) is 3.78. The Hall–Kier alpha value is -3.16. The zero-order chi connectivity index (χ0) is 19.7. The molecule has 8 heteroatoms. The topological polar surface area (TPSA) is 92.7 Å². The Morgan fingerprint density at radius 3 is 2.93 bits per heavy atom. The summed E-state index contributed by atoms with van der Waals surface area (Å²) < 4.78 is 6.67. The summed E-state index contributed by atoms with van der Waals surface area (Å²) in [5.74, 6) is 0.606. The molecule has 3 aromatic heterocycles. The van der Waals surface area contributed by atoms with Crippen molar-refractivity contribution in [3.63, 3.8) is 0 Å². The zero-order valence-corrected chi connectivity index (χ0v) is 16.0. The lowest BCUT2D eigenvalue weighted by molar-refractivity contribution is 0.0594. The quantitative estimate of drug-likeness (QED) is 0.749. The molecule has 0 aliphatic carbocycles. The van der Waals surface area contributed by atoms with E-state index in [1.165, 1.54) is 0 Å². The van der Waals surface area contributed by atoms with Crippen molar-refractivity contribution in [2.45, 2.75) is 45.6 Å². The van der Waals surface area contributed by atoms with Gasteiger partial charge in [0.2, 0.25) is 5.82 Å². The molecule has 0 bridgehead atoms. The molecule has 1 N–H and O–H groups in total. The lowest BCUT2D eigenvalue weighted by atomic mass is 10.00. The van der Waals surface area contributed by atoms with Gasteiger partial charge in [-0.1, -0.05) is 18.1 Å². The maximum absolute atomic E-state index is 13.3. The number of carbonyl (C=O) groups excluding carboxylic acids is 2. The van der Waals surface area contributed by atoms with E-state index in [9.17, 15) is 9.59 Å². The number of imidazole rings is 1. The summed E-state index contributed by atoms with van der Waals surface area (Å²) in [5.41, 5.74) is 0.767. The molecule has 1 atom stereocenters. The molecule has 1 fully saturated rings. The SMILES string of the molecule is CCC1CCCCN1C(=O)c1nc(C(=O)Nc2cc(C)on2)c2ccccn12. The largest absolute Gasteiger partial charge is 0.360 e. The number of piperidine rings is 1. The second kappa shape index (κ2) is 7.46. The lowest BCUT2D eigenvalue weighted by Gasteiger charge is -2.34. The summed E-state index contributed by atoms with van der Waals surface area (Å²) in [4.78, 5) is 32.4. The first-order chi connectivity index (χ1) is 13.6. The van der Waals surface area contributed by atoms with Crippen LogP contribution in [0.3, 0.4) is 0 Å². The maximum atomic E-state index is 13.3. The number of hydrogen-bond donors (Lipinski definition) is 1. The molecule has 4 rings (SSSR count). The number of amides is 2. The van der Waals surface area contributed by atoms with Gasteiger partial charge in [-0.15, -0.1) is 0 Å². The van der Waals surface area contributed by atoms with Crippen LogP contribution in [0.5, 0.6) is 0 Å². The van der Waals surface area contributed by atoms with Crippen molar-refractivity contribution in [3.8, 4) is 0 Å². The minimum atomic E-state index is -0.429. The van der Waals surface area contributed by atoms with E-state index in [-0.39, 0.29) is 23.5 Å². The Labute approximate surface area is 162 Å². The van der Waals surface area contributed by atoms with Gasteiger partial charge < -0.3 is 14.7 Å². The molecule has 2 amide bonds. The van der Waals surface area contributed by atoms with Gasteiger partial charge in [0.25, 0.3) is 11.8 Å². The van der Waals surface area contributed by atoms with Crippen molar-refractivity contribution >= 4 is 23.1 Å². The van der Waals surface area contributed by atoms with Gasteiger partial charge in [0.05, 0.1) is 5.52 Å². The minimum absolute atomic E-state index is 0.135. The molecule has 0 aromatic carbocycles. The second-order valence-electron chi connectivity index (χ2n) is 7.07. The molecular weight excluding hydrogens is 358 g/mol. The van der Waals surface area contributed by atoms with Crippen molar-refractivity contribution in [2.75, 3.05) is 11.9 Å². The van der Waals surface area contributed by atoms with Crippen LogP contribution in [0.4, 0.5) is 5.82 Å². The van der Waals surface area contributed by atoms with Gasteiger partial charge in [-0.25, -0.2) is 4.98 Å². The van der Waals surface area contributed by atoms with E-state index in [1.807, 2.05) is 17.0 Å². The summed E-state index contributed by atoms with van der Waals surface area (Å²) >= 11 is 0. The first kappa shape index (κ1) is 18.2. The van der Waals surface area contributed by atoms with Gasteiger partial charge in [0.15, 0.2) is 11.5 Å². The summed E-state index contributed by atoms with van der Waals surface area (Å²) in [7, 11) is 0. The number of anilines is 1.